The molecule has 1 aromatic heterocycles. The summed E-state index contributed by atoms with van der Waals surface area (Å²) in [5.74, 6) is 0. The zero-order chi connectivity index (χ0) is 14.4. The number of aromatic nitrogens is 1. The number of nitrogens with zero attached hydrogens (tertiary/aromatic N) is 1. The van der Waals surface area contributed by atoms with E-state index in [1.807, 2.05) is 0 Å². The molecule has 0 spiro atoms. The molecule has 1 heteroatoms. The highest BCUT2D eigenvalue weighted by atomic mass is 15.0. The summed E-state index contributed by atoms with van der Waals surface area (Å²) in [6.45, 7) is 5.32. The first-order valence-electron chi connectivity index (χ1n) is 7.42. The summed E-state index contributed by atoms with van der Waals surface area (Å²) in [6, 6.07) is 20.0. The van der Waals surface area contributed by atoms with E-state index >= 15 is 0 Å². The lowest BCUT2D eigenvalue weighted by atomic mass is 9.96. The molecule has 102 valence electrons. The van der Waals surface area contributed by atoms with E-state index in [0.717, 1.165) is 6.54 Å². The Bertz CT molecular complexity index is 846. The minimum absolute atomic E-state index is 0.985. The average molecular weight is 272 g/mol. The van der Waals surface area contributed by atoms with Gasteiger partial charge in [-0.3, -0.25) is 0 Å². The second-order valence-electron chi connectivity index (χ2n) is 5.88. The van der Waals surface area contributed by atoms with Crippen LogP contribution in [0.15, 0.2) is 60.8 Å². The lowest BCUT2D eigenvalue weighted by Crippen LogP contribution is -2.31. The number of pyridine rings is 1. The number of rotatable bonds is 1. The van der Waals surface area contributed by atoms with E-state index in [1.54, 1.807) is 0 Å². The van der Waals surface area contributed by atoms with Gasteiger partial charge in [-0.15, -0.1) is 0 Å². The van der Waals surface area contributed by atoms with E-state index < -0.39 is 0 Å². The third-order valence-electron chi connectivity index (χ3n) is 4.51. The Morgan fingerprint density at radius 1 is 0.810 bits per heavy atom. The van der Waals surface area contributed by atoms with Gasteiger partial charge in [-0.2, -0.15) is 4.57 Å². The molecule has 1 aliphatic rings. The molecule has 0 saturated carbocycles. The third kappa shape index (κ3) is 1.97. The second kappa shape index (κ2) is 4.56. The van der Waals surface area contributed by atoms with Crippen LogP contribution < -0.4 is 4.57 Å². The molecule has 2 aromatic carbocycles. The molecule has 0 atom stereocenters. The van der Waals surface area contributed by atoms with Crippen molar-refractivity contribution in [3.63, 3.8) is 0 Å². The number of hydrogen-bond acceptors (Lipinski definition) is 0. The molecule has 0 radical (unpaired) electrons. The number of hydrogen-bond donors (Lipinski definition) is 0. The predicted molar refractivity (Wildman–Crippen MR) is 86.1 cm³/mol. The Hall–Kier alpha value is -2.41. The first-order valence-corrected chi connectivity index (χ1v) is 7.42. The van der Waals surface area contributed by atoms with Gasteiger partial charge in [0.25, 0.3) is 0 Å². The van der Waals surface area contributed by atoms with Gasteiger partial charge < -0.3 is 0 Å². The van der Waals surface area contributed by atoms with Crippen LogP contribution in [0.5, 0.6) is 0 Å². The quantitative estimate of drug-likeness (QED) is 0.455. The maximum Gasteiger partial charge on any atom is 0.213 e. The Labute approximate surface area is 125 Å². The van der Waals surface area contributed by atoms with Crippen LogP contribution in [0.4, 0.5) is 0 Å². The Kier molecular flexibility index (Phi) is 2.68. The van der Waals surface area contributed by atoms with E-state index in [0.29, 0.717) is 0 Å². The van der Waals surface area contributed by atoms with E-state index in [1.165, 1.54) is 39.1 Å². The molecule has 0 N–H and O–H groups in total. The summed E-state index contributed by atoms with van der Waals surface area (Å²) < 4.78 is 2.31. The normalized spacial score (nSPS) is 12.1. The van der Waals surface area contributed by atoms with Gasteiger partial charge in [0.05, 0.1) is 5.56 Å². The van der Waals surface area contributed by atoms with Crippen molar-refractivity contribution in [3.8, 4) is 22.4 Å². The summed E-state index contributed by atoms with van der Waals surface area (Å²) in [6.07, 6.45) is 2.16. The molecule has 1 nitrogen and oxygen atoms in total. The highest BCUT2D eigenvalue weighted by molar-refractivity contribution is 5.74. The molecule has 0 saturated heterocycles. The fraction of sp³-hybridized carbons (Fsp3) is 0.150. The van der Waals surface area contributed by atoms with Gasteiger partial charge in [0.15, 0.2) is 12.7 Å². The predicted octanol–water partition coefficient (Wildman–Crippen LogP) is 4.29. The van der Waals surface area contributed by atoms with E-state index in [2.05, 4.69) is 79.2 Å². The largest absolute Gasteiger partial charge is 0.213 e. The molecule has 0 aliphatic carbocycles. The molecule has 4 rings (SSSR count). The molecule has 0 bridgehead atoms. The van der Waals surface area contributed by atoms with Crippen molar-refractivity contribution in [3.05, 3.63) is 77.5 Å². The summed E-state index contributed by atoms with van der Waals surface area (Å²) in [5, 5.41) is 0. The second-order valence-corrected chi connectivity index (χ2v) is 5.88. The Balaban J connectivity index is 1.86. The van der Waals surface area contributed by atoms with Crippen molar-refractivity contribution in [2.24, 2.45) is 0 Å². The van der Waals surface area contributed by atoms with Crippen molar-refractivity contribution in [1.82, 2.24) is 0 Å². The van der Waals surface area contributed by atoms with Crippen LogP contribution in [0.1, 0.15) is 16.7 Å². The first-order chi connectivity index (χ1) is 10.2. The zero-order valence-corrected chi connectivity index (χ0v) is 12.4. The van der Waals surface area contributed by atoms with Crippen LogP contribution >= 0.6 is 0 Å². The van der Waals surface area contributed by atoms with Crippen LogP contribution in [0.25, 0.3) is 22.4 Å². The summed E-state index contributed by atoms with van der Waals surface area (Å²) >= 11 is 0. The maximum absolute atomic E-state index is 2.33. The van der Waals surface area contributed by atoms with Crippen LogP contribution in [-0.4, -0.2) is 0 Å². The van der Waals surface area contributed by atoms with Crippen LogP contribution in [0.3, 0.4) is 0 Å². The molecule has 1 aliphatic heterocycles. The average Bonchev–Trinajstić information content (AvgIpc) is 2.88. The molecule has 0 unspecified atom stereocenters. The number of aryl methyl sites for hydroxylation is 2. The van der Waals surface area contributed by atoms with Crippen molar-refractivity contribution in [2.75, 3.05) is 0 Å². The van der Waals surface area contributed by atoms with Crippen molar-refractivity contribution >= 4 is 0 Å². The lowest BCUT2D eigenvalue weighted by Gasteiger charge is -2.06. The zero-order valence-electron chi connectivity index (χ0n) is 12.4. The maximum atomic E-state index is 2.33. The minimum atomic E-state index is 0.985. The standard InChI is InChI=1S/C20H18N/c1-14-6-7-16(11-15(14)2)17-8-9-18-13-21-10-4-3-5-20(21)19(18)12-17/h3-12H,13H2,1-2H3/q+1. The molecule has 2 heterocycles. The Morgan fingerprint density at radius 3 is 2.48 bits per heavy atom. The molecular weight excluding hydrogens is 254 g/mol. The molecule has 3 aromatic rings. The van der Waals surface area contributed by atoms with Crippen molar-refractivity contribution < 1.29 is 4.57 Å². The molecular formula is C20H18N+. The molecule has 0 amide bonds. The highest BCUT2D eigenvalue weighted by Crippen LogP contribution is 2.31. The van der Waals surface area contributed by atoms with Gasteiger partial charge in [0.1, 0.15) is 0 Å². The lowest BCUT2D eigenvalue weighted by molar-refractivity contribution is -0.672. The van der Waals surface area contributed by atoms with E-state index in [4.69, 9.17) is 0 Å². The minimum Gasteiger partial charge on any atom is -0.194 e. The fourth-order valence-corrected chi connectivity index (χ4v) is 3.10. The van der Waals surface area contributed by atoms with Crippen LogP contribution in [0.2, 0.25) is 0 Å². The van der Waals surface area contributed by atoms with E-state index in [-0.39, 0.29) is 0 Å². The summed E-state index contributed by atoms with van der Waals surface area (Å²) in [4.78, 5) is 0. The molecule has 21 heavy (non-hydrogen) atoms. The van der Waals surface area contributed by atoms with Crippen molar-refractivity contribution in [1.29, 1.82) is 0 Å². The van der Waals surface area contributed by atoms with Gasteiger partial charge >= 0.3 is 0 Å². The summed E-state index contributed by atoms with van der Waals surface area (Å²) in [7, 11) is 0. The van der Waals surface area contributed by atoms with Crippen LogP contribution in [-0.2, 0) is 6.54 Å². The Morgan fingerprint density at radius 2 is 1.62 bits per heavy atom. The van der Waals surface area contributed by atoms with Gasteiger partial charge in [0.2, 0.25) is 5.69 Å². The van der Waals surface area contributed by atoms with Gasteiger partial charge in [-0.25, -0.2) is 0 Å². The smallest absolute Gasteiger partial charge is 0.194 e. The number of benzene rings is 2. The fourth-order valence-electron chi connectivity index (χ4n) is 3.10. The van der Waals surface area contributed by atoms with Gasteiger partial charge in [0, 0.05) is 17.7 Å². The molecule has 0 fully saturated rings. The van der Waals surface area contributed by atoms with Gasteiger partial charge in [-0.1, -0.05) is 30.3 Å². The van der Waals surface area contributed by atoms with Crippen LogP contribution in [0, 0.1) is 13.8 Å². The SMILES string of the molecule is Cc1ccc(-c2ccc3c(c2)-c2cccc[n+]2C3)cc1C. The topological polar surface area (TPSA) is 3.88 Å². The number of fused-ring (bicyclic) bond motifs is 3. The van der Waals surface area contributed by atoms with Gasteiger partial charge in [-0.05, 0) is 48.2 Å². The first kappa shape index (κ1) is 12.3. The van der Waals surface area contributed by atoms with E-state index in [9.17, 15) is 0 Å². The van der Waals surface area contributed by atoms with Crippen molar-refractivity contribution in [2.45, 2.75) is 20.4 Å². The third-order valence-corrected chi connectivity index (χ3v) is 4.51. The monoisotopic (exact) mass is 272 g/mol. The summed E-state index contributed by atoms with van der Waals surface area (Å²) in [5.41, 5.74) is 9.39. The highest BCUT2D eigenvalue weighted by Gasteiger charge is 2.25.